The number of benzene rings is 1. The molecule has 0 aliphatic carbocycles. The van der Waals surface area contributed by atoms with Gasteiger partial charge in [0.05, 0.1) is 11.6 Å². The normalized spacial score (nSPS) is 10.6. The van der Waals surface area contributed by atoms with Crippen LogP contribution in [0, 0.1) is 6.92 Å². The smallest absolute Gasteiger partial charge is 0.255 e. The highest BCUT2D eigenvalue weighted by atomic mass is 35.5. The van der Waals surface area contributed by atoms with Gasteiger partial charge in [0, 0.05) is 16.8 Å². The van der Waals surface area contributed by atoms with Gasteiger partial charge in [0.25, 0.3) is 5.56 Å². The summed E-state index contributed by atoms with van der Waals surface area (Å²) < 4.78 is 1.54. The van der Waals surface area contributed by atoms with Gasteiger partial charge in [-0.05, 0) is 19.4 Å². The van der Waals surface area contributed by atoms with E-state index in [1.807, 2.05) is 25.1 Å². The van der Waals surface area contributed by atoms with Gasteiger partial charge in [-0.2, -0.15) is 0 Å². The molecule has 1 aromatic carbocycles. The van der Waals surface area contributed by atoms with Crippen molar-refractivity contribution < 1.29 is 4.79 Å². The summed E-state index contributed by atoms with van der Waals surface area (Å²) in [6.07, 6.45) is 1.61. The SMILES string of the molecule is CCCc1cc(Cl)c(C)c(=O)n1CC(=O)c1ccccc1. The van der Waals surface area contributed by atoms with Crippen LogP contribution in [-0.4, -0.2) is 10.4 Å². The van der Waals surface area contributed by atoms with Gasteiger partial charge >= 0.3 is 0 Å². The third kappa shape index (κ3) is 3.42. The Hall–Kier alpha value is -1.87. The van der Waals surface area contributed by atoms with Gasteiger partial charge < -0.3 is 4.57 Å². The Labute approximate surface area is 129 Å². The van der Waals surface area contributed by atoms with Crippen molar-refractivity contribution in [3.05, 3.63) is 68.6 Å². The van der Waals surface area contributed by atoms with Crippen molar-refractivity contribution in [2.75, 3.05) is 0 Å². The predicted molar refractivity (Wildman–Crippen MR) is 85.2 cm³/mol. The van der Waals surface area contributed by atoms with Crippen LogP contribution < -0.4 is 5.56 Å². The van der Waals surface area contributed by atoms with Gasteiger partial charge in [-0.15, -0.1) is 0 Å². The van der Waals surface area contributed by atoms with Gasteiger partial charge in [-0.3, -0.25) is 9.59 Å². The van der Waals surface area contributed by atoms with Crippen LogP contribution >= 0.6 is 11.6 Å². The number of nitrogens with zero attached hydrogens (tertiary/aromatic N) is 1. The lowest BCUT2D eigenvalue weighted by Crippen LogP contribution is -2.29. The molecule has 0 bridgehead atoms. The van der Waals surface area contributed by atoms with Crippen LogP contribution in [0.25, 0.3) is 0 Å². The summed E-state index contributed by atoms with van der Waals surface area (Å²) in [5.74, 6) is -0.0724. The average molecular weight is 304 g/mol. The number of hydrogen-bond acceptors (Lipinski definition) is 2. The van der Waals surface area contributed by atoms with Crippen molar-refractivity contribution >= 4 is 17.4 Å². The molecule has 1 aromatic heterocycles. The number of aromatic nitrogens is 1. The Bertz CT molecular complexity index is 705. The molecule has 0 atom stereocenters. The zero-order valence-electron chi connectivity index (χ0n) is 12.2. The monoisotopic (exact) mass is 303 g/mol. The Morgan fingerprint density at radius 3 is 2.52 bits per heavy atom. The molecule has 1 heterocycles. The van der Waals surface area contributed by atoms with E-state index in [0.717, 1.165) is 18.5 Å². The summed E-state index contributed by atoms with van der Waals surface area (Å²) in [6.45, 7) is 3.77. The van der Waals surface area contributed by atoms with Crippen LogP contribution in [0.4, 0.5) is 0 Å². The second kappa shape index (κ2) is 6.72. The van der Waals surface area contributed by atoms with Crippen LogP contribution in [0.1, 0.15) is 35.0 Å². The maximum atomic E-state index is 12.4. The van der Waals surface area contributed by atoms with Crippen LogP contribution in [0.15, 0.2) is 41.2 Å². The van der Waals surface area contributed by atoms with Crippen molar-refractivity contribution in [3.63, 3.8) is 0 Å². The zero-order valence-corrected chi connectivity index (χ0v) is 13.0. The number of hydrogen-bond donors (Lipinski definition) is 0. The molecule has 0 unspecified atom stereocenters. The van der Waals surface area contributed by atoms with Gasteiger partial charge in [-0.25, -0.2) is 0 Å². The summed E-state index contributed by atoms with van der Waals surface area (Å²) in [5.41, 5.74) is 1.72. The summed E-state index contributed by atoms with van der Waals surface area (Å²) in [4.78, 5) is 24.7. The Morgan fingerprint density at radius 1 is 1.24 bits per heavy atom. The highest BCUT2D eigenvalue weighted by Gasteiger charge is 2.14. The molecule has 0 saturated heterocycles. The van der Waals surface area contributed by atoms with Crippen LogP contribution in [0.5, 0.6) is 0 Å². The number of ketones is 1. The Kier molecular flexibility index (Phi) is 4.97. The van der Waals surface area contributed by atoms with Gasteiger partial charge in [0.1, 0.15) is 0 Å². The molecule has 110 valence electrons. The van der Waals surface area contributed by atoms with Crippen LogP contribution in [-0.2, 0) is 13.0 Å². The third-order valence-corrected chi connectivity index (χ3v) is 3.86. The molecule has 0 spiro atoms. The fourth-order valence-electron chi connectivity index (χ4n) is 2.26. The molecular formula is C17H18ClNO2. The summed E-state index contributed by atoms with van der Waals surface area (Å²) in [7, 11) is 0. The van der Waals surface area contributed by atoms with Crippen molar-refractivity contribution in [1.82, 2.24) is 4.57 Å². The molecule has 4 heteroatoms. The van der Waals surface area contributed by atoms with E-state index < -0.39 is 0 Å². The Morgan fingerprint density at radius 2 is 1.90 bits per heavy atom. The van der Waals surface area contributed by atoms with E-state index in [2.05, 4.69) is 0 Å². The van der Waals surface area contributed by atoms with Crippen molar-refractivity contribution in [1.29, 1.82) is 0 Å². The predicted octanol–water partition coefficient (Wildman–Crippen LogP) is 3.65. The first-order chi connectivity index (χ1) is 10.0. The van der Waals surface area contributed by atoms with E-state index >= 15 is 0 Å². The second-order valence-corrected chi connectivity index (χ2v) is 5.45. The maximum absolute atomic E-state index is 12.4. The van der Waals surface area contributed by atoms with Crippen LogP contribution in [0.2, 0.25) is 5.02 Å². The molecule has 0 amide bonds. The molecule has 0 aliphatic heterocycles. The largest absolute Gasteiger partial charge is 0.305 e. The van der Waals surface area contributed by atoms with E-state index in [1.165, 1.54) is 0 Å². The van der Waals surface area contributed by atoms with E-state index in [4.69, 9.17) is 11.6 Å². The zero-order chi connectivity index (χ0) is 15.4. The Balaban J connectivity index is 2.41. The van der Waals surface area contributed by atoms with E-state index in [0.29, 0.717) is 16.1 Å². The third-order valence-electron chi connectivity index (χ3n) is 3.47. The minimum absolute atomic E-state index is 0.0518. The standard InChI is InChI=1S/C17H18ClNO2/c1-3-7-14-10-15(18)12(2)17(21)19(14)11-16(20)13-8-5-4-6-9-13/h4-6,8-10H,3,7,11H2,1-2H3. The van der Waals surface area contributed by atoms with Gasteiger partial charge in [-0.1, -0.05) is 55.3 Å². The average Bonchev–Trinajstić information content (AvgIpc) is 2.50. The second-order valence-electron chi connectivity index (χ2n) is 5.04. The summed E-state index contributed by atoms with van der Waals surface area (Å²) >= 11 is 6.08. The number of aryl methyl sites for hydroxylation is 1. The quantitative estimate of drug-likeness (QED) is 0.791. The lowest BCUT2D eigenvalue weighted by atomic mass is 10.1. The van der Waals surface area contributed by atoms with E-state index in [-0.39, 0.29) is 17.9 Å². The first-order valence-electron chi connectivity index (χ1n) is 7.01. The molecule has 0 N–H and O–H groups in total. The molecule has 0 aliphatic rings. The van der Waals surface area contributed by atoms with Gasteiger partial charge in [0.15, 0.2) is 5.78 Å². The number of halogens is 1. The lowest BCUT2D eigenvalue weighted by molar-refractivity contribution is 0.0969. The molecular weight excluding hydrogens is 286 g/mol. The van der Waals surface area contributed by atoms with Crippen molar-refractivity contribution in [2.24, 2.45) is 0 Å². The molecule has 0 radical (unpaired) electrons. The fourth-order valence-corrected chi connectivity index (χ4v) is 2.47. The van der Waals surface area contributed by atoms with Crippen LogP contribution in [0.3, 0.4) is 0 Å². The van der Waals surface area contributed by atoms with Crippen molar-refractivity contribution in [2.45, 2.75) is 33.2 Å². The highest BCUT2D eigenvalue weighted by molar-refractivity contribution is 6.31. The molecule has 0 saturated carbocycles. The fraction of sp³-hybridized carbons (Fsp3) is 0.294. The maximum Gasteiger partial charge on any atom is 0.255 e. The van der Waals surface area contributed by atoms with Crippen molar-refractivity contribution in [3.8, 4) is 0 Å². The minimum atomic E-state index is -0.185. The lowest BCUT2D eigenvalue weighted by Gasteiger charge is -2.14. The summed E-state index contributed by atoms with van der Waals surface area (Å²) in [6, 6.07) is 10.8. The topological polar surface area (TPSA) is 39.1 Å². The summed E-state index contributed by atoms with van der Waals surface area (Å²) in [5, 5.41) is 0.465. The minimum Gasteiger partial charge on any atom is -0.305 e. The molecule has 2 aromatic rings. The molecule has 21 heavy (non-hydrogen) atoms. The van der Waals surface area contributed by atoms with E-state index in [9.17, 15) is 9.59 Å². The number of Topliss-reactive ketones (excluding diaryl/α,β-unsaturated/α-hetero) is 1. The first kappa shape index (κ1) is 15.5. The number of carbonyl (C=O) groups excluding carboxylic acids is 1. The first-order valence-corrected chi connectivity index (χ1v) is 7.39. The molecule has 3 nitrogen and oxygen atoms in total. The molecule has 0 fully saturated rings. The van der Waals surface area contributed by atoms with Gasteiger partial charge in [0.2, 0.25) is 0 Å². The number of rotatable bonds is 5. The van der Waals surface area contributed by atoms with E-state index in [1.54, 1.807) is 29.7 Å². The number of pyridine rings is 1. The number of carbonyl (C=O) groups is 1. The molecule has 2 rings (SSSR count). The highest BCUT2D eigenvalue weighted by Crippen LogP contribution is 2.15.